The summed E-state index contributed by atoms with van der Waals surface area (Å²) in [5, 5.41) is 14.2. The van der Waals surface area contributed by atoms with Crippen LogP contribution in [0.1, 0.15) is 12.8 Å². The van der Waals surface area contributed by atoms with E-state index in [-0.39, 0.29) is 10.7 Å². The number of nitro groups is 1. The minimum Gasteiger partial charge on any atom is -0.383 e. The topological polar surface area (TPSA) is 55.2 Å². The van der Waals surface area contributed by atoms with Gasteiger partial charge in [-0.1, -0.05) is 17.7 Å². The minimum absolute atomic E-state index is 0.0420. The van der Waals surface area contributed by atoms with Gasteiger partial charge in [-0.05, 0) is 36.3 Å². The van der Waals surface area contributed by atoms with Crippen molar-refractivity contribution in [3.63, 3.8) is 0 Å². The molecule has 18 heavy (non-hydrogen) atoms. The molecule has 0 amide bonds. The van der Waals surface area contributed by atoms with E-state index in [1.165, 1.54) is 24.7 Å². The van der Waals surface area contributed by atoms with Gasteiger partial charge in [0.1, 0.15) is 5.02 Å². The molecule has 4 nitrogen and oxygen atoms in total. The number of anilines is 1. The zero-order valence-corrected chi connectivity index (χ0v) is 11.5. The molecule has 6 heteroatoms. The molecule has 1 aromatic rings. The molecule has 1 fully saturated rings. The van der Waals surface area contributed by atoms with Crippen molar-refractivity contribution in [2.45, 2.75) is 12.8 Å². The van der Waals surface area contributed by atoms with Crippen molar-refractivity contribution >= 4 is 34.7 Å². The van der Waals surface area contributed by atoms with E-state index in [1.807, 2.05) is 11.8 Å². The molecule has 1 unspecified atom stereocenters. The SMILES string of the molecule is O=[N+]([O-])c1cccc(NCC2CCCSC2)c1Cl. The van der Waals surface area contributed by atoms with Crippen molar-refractivity contribution < 1.29 is 4.92 Å². The van der Waals surface area contributed by atoms with Crippen LogP contribution >= 0.6 is 23.4 Å². The minimum atomic E-state index is -0.454. The molecule has 2 rings (SSSR count). The highest BCUT2D eigenvalue weighted by Gasteiger charge is 2.17. The number of benzene rings is 1. The maximum Gasteiger partial charge on any atom is 0.289 e. The molecular formula is C12H15ClN2O2S. The lowest BCUT2D eigenvalue weighted by atomic mass is 10.1. The summed E-state index contributed by atoms with van der Waals surface area (Å²) >= 11 is 7.98. The van der Waals surface area contributed by atoms with Crippen LogP contribution in [-0.2, 0) is 0 Å². The molecule has 1 aromatic carbocycles. The average Bonchev–Trinajstić information content (AvgIpc) is 2.38. The van der Waals surface area contributed by atoms with Crippen molar-refractivity contribution in [2.24, 2.45) is 5.92 Å². The predicted molar refractivity (Wildman–Crippen MR) is 76.6 cm³/mol. The van der Waals surface area contributed by atoms with Crippen molar-refractivity contribution in [2.75, 3.05) is 23.4 Å². The summed E-state index contributed by atoms with van der Waals surface area (Å²) in [6, 6.07) is 4.86. The van der Waals surface area contributed by atoms with Crippen LogP contribution in [0.15, 0.2) is 18.2 Å². The average molecular weight is 287 g/mol. The molecule has 0 saturated carbocycles. The summed E-state index contributed by atoms with van der Waals surface area (Å²) < 4.78 is 0. The molecule has 0 radical (unpaired) electrons. The second-order valence-corrected chi connectivity index (χ2v) is 5.89. The predicted octanol–water partition coefficient (Wildman–Crippen LogP) is 3.80. The third-order valence-electron chi connectivity index (χ3n) is 3.01. The zero-order valence-electron chi connectivity index (χ0n) is 9.89. The fourth-order valence-electron chi connectivity index (χ4n) is 2.02. The molecule has 1 aliphatic heterocycles. The fourth-order valence-corrected chi connectivity index (χ4v) is 3.44. The lowest BCUT2D eigenvalue weighted by Crippen LogP contribution is -2.20. The number of nitrogens with one attached hydrogen (secondary N) is 1. The quantitative estimate of drug-likeness (QED) is 0.675. The van der Waals surface area contributed by atoms with Gasteiger partial charge in [0, 0.05) is 12.6 Å². The molecule has 0 aromatic heterocycles. The fraction of sp³-hybridized carbons (Fsp3) is 0.500. The highest BCUT2D eigenvalue weighted by molar-refractivity contribution is 7.99. The maximum absolute atomic E-state index is 10.8. The number of nitro benzene ring substituents is 1. The Labute approximate surface area is 115 Å². The monoisotopic (exact) mass is 286 g/mol. The summed E-state index contributed by atoms with van der Waals surface area (Å²) in [5.74, 6) is 3.02. The Kier molecular flexibility index (Phi) is 4.72. The van der Waals surface area contributed by atoms with Gasteiger partial charge in [0.05, 0.1) is 10.6 Å². The molecule has 1 atom stereocenters. The highest BCUT2D eigenvalue weighted by Crippen LogP contribution is 2.32. The van der Waals surface area contributed by atoms with Crippen LogP contribution in [0.25, 0.3) is 0 Å². The van der Waals surface area contributed by atoms with Crippen LogP contribution < -0.4 is 5.32 Å². The van der Waals surface area contributed by atoms with Crippen LogP contribution in [0, 0.1) is 16.0 Å². The summed E-state index contributed by atoms with van der Waals surface area (Å²) in [6.45, 7) is 0.827. The van der Waals surface area contributed by atoms with E-state index in [1.54, 1.807) is 12.1 Å². The Morgan fingerprint density at radius 1 is 1.56 bits per heavy atom. The Morgan fingerprint density at radius 3 is 3.06 bits per heavy atom. The molecule has 1 heterocycles. The molecule has 0 aliphatic carbocycles. The normalized spacial score (nSPS) is 19.5. The van der Waals surface area contributed by atoms with Gasteiger partial charge in [-0.2, -0.15) is 11.8 Å². The Balaban J connectivity index is 2.00. The summed E-state index contributed by atoms with van der Waals surface area (Å²) in [4.78, 5) is 10.3. The molecule has 0 spiro atoms. The number of nitrogens with zero attached hydrogens (tertiary/aromatic N) is 1. The molecule has 1 aliphatic rings. The molecule has 1 saturated heterocycles. The van der Waals surface area contributed by atoms with Gasteiger partial charge in [-0.25, -0.2) is 0 Å². The van der Waals surface area contributed by atoms with Crippen LogP contribution in [0.4, 0.5) is 11.4 Å². The number of hydrogen-bond donors (Lipinski definition) is 1. The zero-order chi connectivity index (χ0) is 13.0. The third kappa shape index (κ3) is 3.29. The van der Waals surface area contributed by atoms with Crippen LogP contribution in [0.3, 0.4) is 0 Å². The Bertz CT molecular complexity index is 436. The van der Waals surface area contributed by atoms with E-state index in [0.29, 0.717) is 11.6 Å². The van der Waals surface area contributed by atoms with E-state index >= 15 is 0 Å². The smallest absolute Gasteiger partial charge is 0.289 e. The summed E-state index contributed by atoms with van der Waals surface area (Å²) in [6.07, 6.45) is 2.46. The van der Waals surface area contributed by atoms with Gasteiger partial charge < -0.3 is 5.32 Å². The molecular weight excluding hydrogens is 272 g/mol. The first-order valence-electron chi connectivity index (χ1n) is 5.93. The van der Waals surface area contributed by atoms with E-state index in [2.05, 4.69) is 5.32 Å². The van der Waals surface area contributed by atoms with Gasteiger partial charge in [0.2, 0.25) is 0 Å². The summed E-state index contributed by atoms with van der Waals surface area (Å²) in [7, 11) is 0. The van der Waals surface area contributed by atoms with E-state index in [9.17, 15) is 10.1 Å². The second-order valence-electron chi connectivity index (χ2n) is 4.36. The molecule has 98 valence electrons. The summed E-state index contributed by atoms with van der Waals surface area (Å²) in [5.41, 5.74) is 0.612. The van der Waals surface area contributed by atoms with Gasteiger partial charge in [-0.3, -0.25) is 10.1 Å². The second kappa shape index (κ2) is 6.29. The highest BCUT2D eigenvalue weighted by atomic mass is 35.5. The molecule has 0 bridgehead atoms. The Hall–Kier alpha value is -0.940. The standard InChI is InChI=1S/C12H15ClN2O2S/c13-12-10(4-1-5-11(12)15(16)17)14-7-9-3-2-6-18-8-9/h1,4-5,9,14H,2-3,6-8H2. The van der Waals surface area contributed by atoms with Gasteiger partial charge >= 0.3 is 0 Å². The van der Waals surface area contributed by atoms with Crippen molar-refractivity contribution in [1.29, 1.82) is 0 Å². The first kappa shape index (κ1) is 13.5. The number of halogens is 1. The van der Waals surface area contributed by atoms with Crippen LogP contribution in [-0.4, -0.2) is 23.0 Å². The van der Waals surface area contributed by atoms with Gasteiger partial charge in [-0.15, -0.1) is 0 Å². The van der Waals surface area contributed by atoms with Crippen molar-refractivity contribution in [3.8, 4) is 0 Å². The first-order chi connectivity index (χ1) is 8.68. The largest absolute Gasteiger partial charge is 0.383 e. The lowest BCUT2D eigenvalue weighted by molar-refractivity contribution is -0.384. The number of thioether (sulfide) groups is 1. The molecule has 1 N–H and O–H groups in total. The maximum atomic E-state index is 10.8. The first-order valence-corrected chi connectivity index (χ1v) is 7.46. The van der Waals surface area contributed by atoms with Crippen LogP contribution in [0.2, 0.25) is 5.02 Å². The number of hydrogen-bond acceptors (Lipinski definition) is 4. The van der Waals surface area contributed by atoms with E-state index in [4.69, 9.17) is 11.6 Å². The number of rotatable bonds is 4. The van der Waals surface area contributed by atoms with Gasteiger partial charge in [0.25, 0.3) is 5.69 Å². The van der Waals surface area contributed by atoms with E-state index < -0.39 is 4.92 Å². The van der Waals surface area contributed by atoms with Gasteiger partial charge in [0.15, 0.2) is 0 Å². The van der Waals surface area contributed by atoms with Crippen LogP contribution in [0.5, 0.6) is 0 Å². The van der Waals surface area contributed by atoms with Crippen molar-refractivity contribution in [1.82, 2.24) is 0 Å². The van der Waals surface area contributed by atoms with E-state index in [0.717, 1.165) is 12.3 Å². The Morgan fingerprint density at radius 2 is 2.39 bits per heavy atom. The van der Waals surface area contributed by atoms with Crippen molar-refractivity contribution in [3.05, 3.63) is 33.3 Å². The third-order valence-corrected chi connectivity index (χ3v) is 4.69. The lowest BCUT2D eigenvalue weighted by Gasteiger charge is -2.22.